The zero-order valence-electron chi connectivity index (χ0n) is 19.0. The van der Waals surface area contributed by atoms with Crippen LogP contribution in [0.3, 0.4) is 0 Å². The first kappa shape index (κ1) is 23.0. The van der Waals surface area contributed by atoms with E-state index < -0.39 is 0 Å². The number of carbonyl (C=O) groups excluding carboxylic acids is 1. The number of carbonyl (C=O) groups is 1. The van der Waals surface area contributed by atoms with E-state index in [1.54, 1.807) is 0 Å². The lowest BCUT2D eigenvalue weighted by Gasteiger charge is -2.39. The molecular weight excluding hydrogens is 398 g/mol. The summed E-state index contributed by atoms with van der Waals surface area (Å²) in [6.45, 7) is 15.9. The van der Waals surface area contributed by atoms with Gasteiger partial charge >= 0.3 is 0 Å². The number of thiocarbonyl (C=S) groups is 1. The molecule has 0 aliphatic carbocycles. The van der Waals surface area contributed by atoms with Gasteiger partial charge < -0.3 is 24.5 Å². The molecule has 8 heteroatoms. The number of likely N-dealkylation sites (tertiary alicyclic amines) is 2. The van der Waals surface area contributed by atoms with Crippen LogP contribution in [0.15, 0.2) is 4.52 Å². The molecule has 0 bridgehead atoms. The molecule has 2 aliphatic rings. The van der Waals surface area contributed by atoms with Gasteiger partial charge in [0.1, 0.15) is 11.3 Å². The van der Waals surface area contributed by atoms with Crippen LogP contribution in [0.25, 0.3) is 0 Å². The highest BCUT2D eigenvalue weighted by Crippen LogP contribution is 2.40. The lowest BCUT2D eigenvalue weighted by atomic mass is 9.77. The lowest BCUT2D eigenvalue weighted by Crippen LogP contribution is -2.46. The summed E-state index contributed by atoms with van der Waals surface area (Å²) in [5.41, 5.74) is 1.60. The highest BCUT2D eigenvalue weighted by atomic mass is 32.1. The Kier molecular flexibility index (Phi) is 7.74. The SMILES string of the molecule is CCN(CC)CCCNC(=S)N1CCC2(CCN(C(=O)c3c(C)noc3C)CC2)C1. The Labute approximate surface area is 186 Å². The first-order chi connectivity index (χ1) is 14.4. The molecule has 3 rings (SSSR count). The number of piperidine rings is 1. The third-order valence-corrected chi connectivity index (χ3v) is 7.31. The van der Waals surface area contributed by atoms with Gasteiger partial charge in [0.05, 0.1) is 5.69 Å². The third kappa shape index (κ3) is 5.14. The van der Waals surface area contributed by atoms with Gasteiger partial charge in [-0.05, 0) is 76.8 Å². The first-order valence-corrected chi connectivity index (χ1v) is 11.8. The van der Waals surface area contributed by atoms with Crippen LogP contribution >= 0.6 is 12.2 Å². The van der Waals surface area contributed by atoms with Crippen LogP contribution in [0.1, 0.15) is 61.3 Å². The molecule has 1 aromatic heterocycles. The van der Waals surface area contributed by atoms with Gasteiger partial charge in [0, 0.05) is 32.7 Å². The standard InChI is InChI=1S/C22H37N5O2S/c1-5-25(6-2)12-7-11-23-21(30)27-15-10-22(16-27)8-13-26(14-9-22)20(28)19-17(3)24-29-18(19)4/h5-16H2,1-4H3,(H,23,30). The van der Waals surface area contributed by atoms with Crippen LogP contribution in [0.4, 0.5) is 0 Å². The first-order valence-electron chi connectivity index (χ1n) is 11.4. The molecule has 2 saturated heterocycles. The van der Waals surface area contributed by atoms with Crippen molar-refractivity contribution in [1.82, 2.24) is 25.2 Å². The number of aromatic nitrogens is 1. The number of hydrogen-bond acceptors (Lipinski definition) is 5. The highest BCUT2D eigenvalue weighted by molar-refractivity contribution is 7.80. The van der Waals surface area contributed by atoms with E-state index in [-0.39, 0.29) is 11.3 Å². The maximum absolute atomic E-state index is 12.9. The van der Waals surface area contributed by atoms with E-state index in [0.717, 1.165) is 83.2 Å². The molecule has 3 heterocycles. The van der Waals surface area contributed by atoms with E-state index in [0.29, 0.717) is 17.0 Å². The van der Waals surface area contributed by atoms with E-state index >= 15 is 0 Å². The number of aryl methyl sites for hydroxylation is 2. The monoisotopic (exact) mass is 435 g/mol. The van der Waals surface area contributed by atoms with Crippen molar-refractivity contribution in [1.29, 1.82) is 0 Å². The normalized spacial score (nSPS) is 18.4. The fraction of sp³-hybridized carbons (Fsp3) is 0.773. The van der Waals surface area contributed by atoms with Crippen molar-refractivity contribution in [2.75, 3.05) is 52.4 Å². The van der Waals surface area contributed by atoms with Gasteiger partial charge in [-0.15, -0.1) is 0 Å². The minimum atomic E-state index is 0.0568. The highest BCUT2D eigenvalue weighted by Gasteiger charge is 2.42. The van der Waals surface area contributed by atoms with Crippen molar-refractivity contribution in [3.63, 3.8) is 0 Å². The molecule has 1 aromatic rings. The molecule has 0 unspecified atom stereocenters. The maximum Gasteiger partial charge on any atom is 0.259 e. The second-order valence-electron chi connectivity index (χ2n) is 8.78. The zero-order valence-corrected chi connectivity index (χ0v) is 19.8. The van der Waals surface area contributed by atoms with Gasteiger partial charge in [0.25, 0.3) is 5.91 Å². The quantitative estimate of drug-likeness (QED) is 0.522. The molecule has 0 atom stereocenters. The van der Waals surface area contributed by atoms with Crippen molar-refractivity contribution in [3.05, 3.63) is 17.0 Å². The minimum absolute atomic E-state index is 0.0568. The van der Waals surface area contributed by atoms with Crippen LogP contribution in [0.5, 0.6) is 0 Å². The van der Waals surface area contributed by atoms with E-state index in [2.05, 4.69) is 34.1 Å². The van der Waals surface area contributed by atoms with Crippen LogP contribution < -0.4 is 5.32 Å². The summed E-state index contributed by atoms with van der Waals surface area (Å²) in [7, 11) is 0. The van der Waals surface area contributed by atoms with Crippen molar-refractivity contribution < 1.29 is 9.32 Å². The minimum Gasteiger partial charge on any atom is -0.363 e. The number of amides is 1. The smallest absolute Gasteiger partial charge is 0.259 e. The average Bonchev–Trinajstić information content (AvgIpc) is 3.31. The molecule has 0 radical (unpaired) electrons. The molecule has 1 spiro atoms. The van der Waals surface area contributed by atoms with Crippen LogP contribution in [-0.4, -0.2) is 83.2 Å². The molecule has 2 fully saturated rings. The van der Waals surface area contributed by atoms with Crippen molar-refractivity contribution in [2.45, 2.75) is 53.4 Å². The third-order valence-electron chi connectivity index (χ3n) is 6.91. The van der Waals surface area contributed by atoms with Crippen molar-refractivity contribution >= 4 is 23.2 Å². The Balaban J connectivity index is 1.44. The molecule has 30 heavy (non-hydrogen) atoms. The predicted octanol–water partition coefficient (Wildman–Crippen LogP) is 2.83. The number of rotatable bonds is 7. The molecule has 0 saturated carbocycles. The van der Waals surface area contributed by atoms with Gasteiger partial charge in [0.2, 0.25) is 0 Å². The van der Waals surface area contributed by atoms with Gasteiger partial charge in [-0.25, -0.2) is 0 Å². The fourth-order valence-electron chi connectivity index (χ4n) is 4.80. The van der Waals surface area contributed by atoms with Gasteiger partial charge in [-0.1, -0.05) is 19.0 Å². The van der Waals surface area contributed by atoms with Gasteiger partial charge in [-0.2, -0.15) is 0 Å². The fourth-order valence-corrected chi connectivity index (χ4v) is 5.05. The summed E-state index contributed by atoms with van der Waals surface area (Å²) in [4.78, 5) is 19.6. The van der Waals surface area contributed by atoms with Crippen LogP contribution in [0.2, 0.25) is 0 Å². The predicted molar refractivity (Wildman–Crippen MR) is 123 cm³/mol. The second kappa shape index (κ2) is 10.1. The van der Waals surface area contributed by atoms with Crippen molar-refractivity contribution in [2.24, 2.45) is 5.41 Å². The Morgan fingerprint density at radius 3 is 2.37 bits per heavy atom. The summed E-state index contributed by atoms with van der Waals surface area (Å²) in [6.07, 6.45) is 4.33. The summed E-state index contributed by atoms with van der Waals surface area (Å²) < 4.78 is 5.18. The van der Waals surface area contributed by atoms with Gasteiger partial charge in [0.15, 0.2) is 5.11 Å². The second-order valence-corrected chi connectivity index (χ2v) is 9.16. The van der Waals surface area contributed by atoms with E-state index in [9.17, 15) is 4.79 Å². The topological polar surface area (TPSA) is 64.8 Å². The molecule has 1 N–H and O–H groups in total. The Morgan fingerprint density at radius 2 is 1.80 bits per heavy atom. The number of nitrogens with one attached hydrogen (secondary N) is 1. The number of hydrogen-bond donors (Lipinski definition) is 1. The Morgan fingerprint density at radius 1 is 1.17 bits per heavy atom. The molecule has 0 aromatic carbocycles. The Hall–Kier alpha value is -1.67. The van der Waals surface area contributed by atoms with Crippen molar-refractivity contribution in [3.8, 4) is 0 Å². The molecule has 2 aliphatic heterocycles. The van der Waals surface area contributed by atoms with E-state index in [1.165, 1.54) is 0 Å². The molecule has 1 amide bonds. The zero-order chi connectivity index (χ0) is 21.7. The summed E-state index contributed by atoms with van der Waals surface area (Å²) in [5.74, 6) is 0.670. The lowest BCUT2D eigenvalue weighted by molar-refractivity contribution is 0.0596. The van der Waals surface area contributed by atoms with E-state index in [1.807, 2.05) is 18.7 Å². The average molecular weight is 436 g/mol. The maximum atomic E-state index is 12.9. The summed E-state index contributed by atoms with van der Waals surface area (Å²) in [5, 5.41) is 8.28. The summed E-state index contributed by atoms with van der Waals surface area (Å²) in [6, 6.07) is 0. The Bertz CT molecular complexity index is 718. The summed E-state index contributed by atoms with van der Waals surface area (Å²) >= 11 is 5.67. The molecular formula is C22H37N5O2S. The largest absolute Gasteiger partial charge is 0.363 e. The van der Waals surface area contributed by atoms with E-state index in [4.69, 9.17) is 16.7 Å². The van der Waals surface area contributed by atoms with Crippen LogP contribution in [0, 0.1) is 19.3 Å². The molecule has 168 valence electrons. The molecule has 7 nitrogen and oxygen atoms in total. The van der Waals surface area contributed by atoms with Crippen LogP contribution in [-0.2, 0) is 0 Å². The number of nitrogens with zero attached hydrogens (tertiary/aromatic N) is 4. The van der Waals surface area contributed by atoms with Gasteiger partial charge in [-0.3, -0.25) is 4.79 Å².